The highest BCUT2D eigenvalue weighted by molar-refractivity contribution is 7.92. The summed E-state index contributed by atoms with van der Waals surface area (Å²) in [4.78, 5) is 12.9. The Balaban J connectivity index is 1.71. The molecule has 1 amide bonds. The quantitative estimate of drug-likeness (QED) is 0.747. The normalized spacial score (nSPS) is 16.7. The molecule has 0 saturated carbocycles. The zero-order chi connectivity index (χ0) is 21.0. The molecule has 3 rings (SSSR count). The van der Waals surface area contributed by atoms with Crippen LogP contribution in [0, 0.1) is 6.92 Å². The number of benzene rings is 2. The van der Waals surface area contributed by atoms with Gasteiger partial charge in [0.2, 0.25) is 15.9 Å². The van der Waals surface area contributed by atoms with Crippen molar-refractivity contribution in [2.24, 2.45) is 0 Å². The van der Waals surface area contributed by atoms with Crippen LogP contribution in [0.5, 0.6) is 11.5 Å². The molecule has 156 valence electrons. The van der Waals surface area contributed by atoms with E-state index in [0.29, 0.717) is 30.2 Å². The average molecular weight is 419 g/mol. The van der Waals surface area contributed by atoms with Crippen molar-refractivity contribution in [2.45, 2.75) is 32.4 Å². The summed E-state index contributed by atoms with van der Waals surface area (Å²) in [5, 5.41) is 2.82. The maximum atomic E-state index is 12.9. The van der Waals surface area contributed by atoms with Crippen molar-refractivity contribution < 1.29 is 22.7 Å². The van der Waals surface area contributed by atoms with Crippen molar-refractivity contribution in [3.05, 3.63) is 54.1 Å². The van der Waals surface area contributed by atoms with Crippen LogP contribution in [0.2, 0.25) is 0 Å². The van der Waals surface area contributed by atoms with Gasteiger partial charge in [0.05, 0.1) is 18.5 Å². The summed E-state index contributed by atoms with van der Waals surface area (Å²) in [5.41, 5.74) is 1.47. The highest BCUT2D eigenvalue weighted by atomic mass is 32.2. The molecule has 8 heteroatoms. The summed E-state index contributed by atoms with van der Waals surface area (Å²) in [5.74, 6) is 0.924. The van der Waals surface area contributed by atoms with Crippen molar-refractivity contribution in [3.63, 3.8) is 0 Å². The lowest BCUT2D eigenvalue weighted by atomic mass is 10.1. The summed E-state index contributed by atoms with van der Waals surface area (Å²) in [6.07, 6.45) is 1.09. The van der Waals surface area contributed by atoms with Gasteiger partial charge in [-0.3, -0.25) is 9.10 Å². The third-order valence-corrected chi connectivity index (χ3v) is 5.87. The van der Waals surface area contributed by atoms with Crippen LogP contribution in [0.25, 0.3) is 0 Å². The molecule has 0 saturated heterocycles. The molecule has 1 heterocycles. The number of nitrogens with zero attached hydrogens (tertiary/aromatic N) is 1. The van der Waals surface area contributed by atoms with Crippen LogP contribution in [0.1, 0.15) is 18.9 Å². The number of nitrogens with one attached hydrogen (secondary N) is 1. The highest BCUT2D eigenvalue weighted by Crippen LogP contribution is 2.30. The lowest BCUT2D eigenvalue weighted by Gasteiger charge is -2.31. The first-order valence-electron chi connectivity index (χ1n) is 9.52. The topological polar surface area (TPSA) is 84.9 Å². The Morgan fingerprint density at radius 3 is 2.45 bits per heavy atom. The van der Waals surface area contributed by atoms with E-state index in [9.17, 15) is 13.2 Å². The molecular formula is C21H26N2O5S. The van der Waals surface area contributed by atoms with Crippen LogP contribution >= 0.6 is 0 Å². The molecule has 2 aromatic carbocycles. The monoisotopic (exact) mass is 418 g/mol. The van der Waals surface area contributed by atoms with Crippen LogP contribution in [-0.4, -0.2) is 45.9 Å². The Morgan fingerprint density at radius 1 is 1.17 bits per heavy atom. The number of aryl methyl sites for hydroxylation is 1. The van der Waals surface area contributed by atoms with Gasteiger partial charge in [0, 0.05) is 0 Å². The van der Waals surface area contributed by atoms with Gasteiger partial charge < -0.3 is 14.8 Å². The molecule has 1 aliphatic heterocycles. The van der Waals surface area contributed by atoms with E-state index in [1.54, 1.807) is 25.1 Å². The summed E-state index contributed by atoms with van der Waals surface area (Å²) >= 11 is 0. The molecule has 0 spiro atoms. The molecule has 2 aromatic rings. The molecule has 7 nitrogen and oxygen atoms in total. The van der Waals surface area contributed by atoms with Crippen molar-refractivity contribution in [1.29, 1.82) is 0 Å². The SMILES string of the molecule is CC[C@@H](C(=O)NC[C@H]1COc2ccccc2O1)N(c1ccc(C)cc1)S(C)(=O)=O. The number of para-hydroxylation sites is 2. The molecule has 1 N–H and O–H groups in total. The zero-order valence-corrected chi connectivity index (χ0v) is 17.6. The van der Waals surface area contributed by atoms with E-state index in [1.807, 2.05) is 37.3 Å². The summed E-state index contributed by atoms with van der Waals surface area (Å²) < 4.78 is 37.6. The van der Waals surface area contributed by atoms with Crippen LogP contribution in [0.4, 0.5) is 5.69 Å². The lowest BCUT2D eigenvalue weighted by Crippen LogP contribution is -2.51. The van der Waals surface area contributed by atoms with Crippen molar-refractivity contribution in [2.75, 3.05) is 23.7 Å². The number of anilines is 1. The predicted molar refractivity (Wildman–Crippen MR) is 112 cm³/mol. The van der Waals surface area contributed by atoms with Gasteiger partial charge in [-0.05, 0) is 37.6 Å². The van der Waals surface area contributed by atoms with Crippen molar-refractivity contribution in [1.82, 2.24) is 5.32 Å². The highest BCUT2D eigenvalue weighted by Gasteiger charge is 2.32. The Labute approximate surface area is 171 Å². The number of carbonyl (C=O) groups is 1. The maximum Gasteiger partial charge on any atom is 0.244 e. The third-order valence-electron chi connectivity index (χ3n) is 4.69. The fourth-order valence-electron chi connectivity index (χ4n) is 3.25. The zero-order valence-electron chi connectivity index (χ0n) is 16.8. The maximum absolute atomic E-state index is 12.9. The van der Waals surface area contributed by atoms with Gasteiger partial charge in [0.25, 0.3) is 0 Å². The van der Waals surface area contributed by atoms with Crippen LogP contribution < -0.4 is 19.1 Å². The second-order valence-corrected chi connectivity index (χ2v) is 8.92. The van der Waals surface area contributed by atoms with Crippen molar-refractivity contribution in [3.8, 4) is 11.5 Å². The van der Waals surface area contributed by atoms with E-state index in [1.165, 1.54) is 4.31 Å². The van der Waals surface area contributed by atoms with E-state index >= 15 is 0 Å². The molecule has 29 heavy (non-hydrogen) atoms. The first kappa shape index (κ1) is 21.0. The van der Waals surface area contributed by atoms with Crippen molar-refractivity contribution >= 4 is 21.6 Å². The fourth-order valence-corrected chi connectivity index (χ4v) is 4.46. The number of sulfonamides is 1. The largest absolute Gasteiger partial charge is 0.486 e. The summed E-state index contributed by atoms with van der Waals surface area (Å²) in [6.45, 7) is 4.23. The number of rotatable bonds is 7. The Hall–Kier alpha value is -2.74. The first-order chi connectivity index (χ1) is 13.8. The summed E-state index contributed by atoms with van der Waals surface area (Å²) in [7, 11) is -3.65. The smallest absolute Gasteiger partial charge is 0.244 e. The molecular weight excluding hydrogens is 392 g/mol. The third kappa shape index (κ3) is 5.00. The van der Waals surface area contributed by atoms with Crippen LogP contribution in [0.15, 0.2) is 48.5 Å². The average Bonchev–Trinajstić information content (AvgIpc) is 2.70. The fraction of sp³-hybridized carbons (Fsp3) is 0.381. The number of ether oxygens (including phenoxy) is 2. The molecule has 1 aliphatic rings. The summed E-state index contributed by atoms with van der Waals surface area (Å²) in [6, 6.07) is 13.5. The molecule has 0 aromatic heterocycles. The van der Waals surface area contributed by atoms with E-state index in [0.717, 1.165) is 11.8 Å². The number of hydrogen-bond donors (Lipinski definition) is 1. The molecule has 0 unspecified atom stereocenters. The molecule has 0 bridgehead atoms. The first-order valence-corrected chi connectivity index (χ1v) is 11.4. The van der Waals surface area contributed by atoms with Gasteiger partial charge in [0.15, 0.2) is 11.5 Å². The van der Waals surface area contributed by atoms with E-state index in [2.05, 4.69) is 5.32 Å². The number of amides is 1. The number of carbonyl (C=O) groups excluding carboxylic acids is 1. The lowest BCUT2D eigenvalue weighted by molar-refractivity contribution is -0.122. The van der Waals surface area contributed by atoms with E-state index in [4.69, 9.17) is 9.47 Å². The van der Waals surface area contributed by atoms with Gasteiger partial charge in [-0.25, -0.2) is 8.42 Å². The van der Waals surface area contributed by atoms with Gasteiger partial charge >= 0.3 is 0 Å². The number of fused-ring (bicyclic) bond motifs is 1. The minimum Gasteiger partial charge on any atom is -0.486 e. The van der Waals surface area contributed by atoms with Gasteiger partial charge in [-0.15, -0.1) is 0 Å². The van der Waals surface area contributed by atoms with E-state index < -0.39 is 16.1 Å². The Kier molecular flexibility index (Phi) is 6.32. The molecule has 2 atom stereocenters. The standard InChI is InChI=1S/C21H26N2O5S/c1-4-18(23(29(3,25)26)16-11-9-15(2)10-12-16)21(24)22-13-17-14-27-19-7-5-6-8-20(19)28-17/h5-12,17-18H,4,13-14H2,1-3H3,(H,22,24)/t17-,18-/m0/s1. The minimum atomic E-state index is -3.65. The van der Waals surface area contributed by atoms with Gasteiger partial charge in [-0.2, -0.15) is 0 Å². The van der Waals surface area contributed by atoms with E-state index in [-0.39, 0.29) is 18.6 Å². The Bertz CT molecular complexity index is 959. The Morgan fingerprint density at radius 2 is 1.83 bits per heavy atom. The molecule has 0 fully saturated rings. The molecule has 0 aliphatic carbocycles. The predicted octanol–water partition coefficient (Wildman–Crippen LogP) is 2.50. The van der Waals surface area contributed by atoms with Crippen LogP contribution in [-0.2, 0) is 14.8 Å². The minimum absolute atomic E-state index is 0.217. The second kappa shape index (κ2) is 8.73. The second-order valence-electron chi connectivity index (χ2n) is 7.06. The molecule has 0 radical (unpaired) electrons. The van der Waals surface area contributed by atoms with Gasteiger partial charge in [-0.1, -0.05) is 36.8 Å². The van der Waals surface area contributed by atoms with Gasteiger partial charge in [0.1, 0.15) is 18.8 Å². The number of hydrogen-bond acceptors (Lipinski definition) is 5. The van der Waals surface area contributed by atoms with Crippen LogP contribution in [0.3, 0.4) is 0 Å².